The fourth-order valence-corrected chi connectivity index (χ4v) is 3.52. The summed E-state index contributed by atoms with van der Waals surface area (Å²) in [6.07, 6.45) is 1.02. The molecule has 1 unspecified atom stereocenters. The summed E-state index contributed by atoms with van der Waals surface area (Å²) < 4.78 is 8.16. The van der Waals surface area contributed by atoms with Crippen molar-refractivity contribution >= 4 is 0 Å². The first-order valence-electron chi connectivity index (χ1n) is 8.38. The molecule has 0 saturated carbocycles. The molecule has 0 N–H and O–H groups in total. The number of benzene rings is 2. The number of hydrogen-bond acceptors (Lipinski definition) is 3. The van der Waals surface area contributed by atoms with Gasteiger partial charge in [0.25, 0.3) is 0 Å². The van der Waals surface area contributed by atoms with E-state index in [0.29, 0.717) is 0 Å². The van der Waals surface area contributed by atoms with Crippen LogP contribution < -0.4 is 0 Å². The molecule has 1 atom stereocenters. The van der Waals surface area contributed by atoms with Gasteiger partial charge in [-0.05, 0) is 25.0 Å². The number of aryl methyl sites for hydroxylation is 1. The summed E-state index contributed by atoms with van der Waals surface area (Å²) in [5, 5.41) is 8.75. The third-order valence-electron chi connectivity index (χ3n) is 4.50. The van der Waals surface area contributed by atoms with Gasteiger partial charge in [0.2, 0.25) is 0 Å². The highest BCUT2D eigenvalue weighted by Gasteiger charge is 2.27. The van der Waals surface area contributed by atoms with Crippen molar-refractivity contribution in [1.29, 1.82) is 0 Å². The van der Waals surface area contributed by atoms with Crippen LogP contribution in [0.25, 0.3) is 22.5 Å². The first kappa shape index (κ1) is 15.1. The Morgan fingerprint density at radius 3 is 2.54 bits per heavy atom. The average Bonchev–Trinajstić information content (AvgIpc) is 2.94. The second-order valence-electron chi connectivity index (χ2n) is 6.53. The highest BCUT2D eigenvalue weighted by Crippen LogP contribution is 2.41. The summed E-state index contributed by atoms with van der Waals surface area (Å²) in [4.78, 5) is 0. The standard InChI is InChI=1S/C20H21N3O/c1-13(2)24-18-12-14-8-4-5-9-15(14)19-20(23(3)22-21-19)17-11-7-6-10-16(17)18/h4-11,13,18H,12H2,1-3H3. The molecule has 1 aliphatic carbocycles. The zero-order valence-corrected chi connectivity index (χ0v) is 14.2. The smallest absolute Gasteiger partial charge is 0.121 e. The molecule has 0 spiro atoms. The van der Waals surface area contributed by atoms with Crippen molar-refractivity contribution in [2.24, 2.45) is 7.05 Å². The van der Waals surface area contributed by atoms with Crippen molar-refractivity contribution in [2.75, 3.05) is 0 Å². The lowest BCUT2D eigenvalue weighted by Crippen LogP contribution is -2.16. The number of nitrogens with zero attached hydrogens (tertiary/aromatic N) is 3. The molecule has 1 aromatic heterocycles. The van der Waals surface area contributed by atoms with Crippen LogP contribution in [0.3, 0.4) is 0 Å². The molecule has 0 saturated heterocycles. The fourth-order valence-electron chi connectivity index (χ4n) is 3.52. The van der Waals surface area contributed by atoms with Crippen LogP contribution in [-0.4, -0.2) is 21.1 Å². The highest BCUT2D eigenvalue weighted by molar-refractivity contribution is 5.82. The predicted molar refractivity (Wildman–Crippen MR) is 94.5 cm³/mol. The summed E-state index contributed by atoms with van der Waals surface area (Å²) >= 11 is 0. The molecule has 3 aromatic rings. The monoisotopic (exact) mass is 319 g/mol. The molecule has 4 heteroatoms. The Hall–Kier alpha value is -2.46. The number of fused-ring (bicyclic) bond motifs is 5. The molecule has 1 aliphatic rings. The zero-order chi connectivity index (χ0) is 16.7. The summed E-state index contributed by atoms with van der Waals surface area (Å²) in [5.41, 5.74) is 6.75. The molecule has 0 bridgehead atoms. The Morgan fingerprint density at radius 2 is 1.75 bits per heavy atom. The van der Waals surface area contributed by atoms with Gasteiger partial charge in [-0.3, -0.25) is 0 Å². The van der Waals surface area contributed by atoms with Gasteiger partial charge >= 0.3 is 0 Å². The number of hydrogen-bond donors (Lipinski definition) is 0. The predicted octanol–water partition coefficient (Wildman–Crippen LogP) is 4.17. The zero-order valence-electron chi connectivity index (χ0n) is 14.2. The van der Waals surface area contributed by atoms with Gasteiger partial charge in [-0.2, -0.15) is 0 Å². The Kier molecular flexibility index (Phi) is 3.69. The van der Waals surface area contributed by atoms with Crippen molar-refractivity contribution in [1.82, 2.24) is 15.0 Å². The van der Waals surface area contributed by atoms with Crippen molar-refractivity contribution in [3.8, 4) is 22.5 Å². The number of rotatable bonds is 2. The SMILES string of the molecule is CC(C)OC1Cc2ccccc2-c2nnn(C)c2-c2ccccc21. The second-order valence-corrected chi connectivity index (χ2v) is 6.53. The Balaban J connectivity index is 2.02. The van der Waals surface area contributed by atoms with E-state index in [0.717, 1.165) is 28.9 Å². The van der Waals surface area contributed by atoms with Gasteiger partial charge in [-0.1, -0.05) is 53.7 Å². The van der Waals surface area contributed by atoms with E-state index in [1.807, 2.05) is 11.7 Å². The van der Waals surface area contributed by atoms with Crippen molar-refractivity contribution < 1.29 is 4.74 Å². The van der Waals surface area contributed by atoms with Crippen LogP contribution in [0.4, 0.5) is 0 Å². The minimum absolute atomic E-state index is 0.0189. The Labute approximate surface area is 142 Å². The van der Waals surface area contributed by atoms with Crippen LogP contribution in [0.1, 0.15) is 31.1 Å². The lowest BCUT2D eigenvalue weighted by Gasteiger charge is -2.26. The second kappa shape index (κ2) is 5.87. The summed E-state index contributed by atoms with van der Waals surface area (Å²) in [7, 11) is 1.95. The van der Waals surface area contributed by atoms with E-state index < -0.39 is 0 Å². The van der Waals surface area contributed by atoms with Gasteiger partial charge in [0.15, 0.2) is 0 Å². The molecule has 4 rings (SSSR count). The molecule has 0 fully saturated rings. The normalized spacial score (nSPS) is 16.1. The Morgan fingerprint density at radius 1 is 1.04 bits per heavy atom. The third kappa shape index (κ3) is 2.43. The van der Waals surface area contributed by atoms with E-state index in [4.69, 9.17) is 4.74 Å². The number of aromatic nitrogens is 3. The topological polar surface area (TPSA) is 39.9 Å². The first-order valence-corrected chi connectivity index (χ1v) is 8.38. The van der Waals surface area contributed by atoms with Gasteiger partial charge in [0.1, 0.15) is 5.69 Å². The maximum atomic E-state index is 6.29. The van der Waals surface area contributed by atoms with Gasteiger partial charge in [-0.25, -0.2) is 4.68 Å². The van der Waals surface area contributed by atoms with Crippen LogP contribution >= 0.6 is 0 Å². The van der Waals surface area contributed by atoms with Gasteiger partial charge in [-0.15, -0.1) is 5.10 Å². The molecule has 0 radical (unpaired) electrons. The summed E-state index contributed by atoms with van der Waals surface area (Å²) in [6, 6.07) is 16.9. The minimum atomic E-state index is 0.0189. The van der Waals surface area contributed by atoms with E-state index in [1.54, 1.807) is 0 Å². The minimum Gasteiger partial charge on any atom is -0.371 e. The molecule has 122 valence electrons. The molecule has 0 aliphatic heterocycles. The van der Waals surface area contributed by atoms with Crippen LogP contribution in [0.2, 0.25) is 0 Å². The summed E-state index contributed by atoms with van der Waals surface area (Å²) in [5.74, 6) is 0. The molecule has 1 heterocycles. The molecular formula is C20H21N3O. The van der Waals surface area contributed by atoms with Crippen molar-refractivity contribution in [3.05, 3.63) is 59.7 Å². The van der Waals surface area contributed by atoms with Crippen LogP contribution in [0.5, 0.6) is 0 Å². The van der Waals surface area contributed by atoms with Crippen molar-refractivity contribution in [3.63, 3.8) is 0 Å². The third-order valence-corrected chi connectivity index (χ3v) is 4.50. The quantitative estimate of drug-likeness (QED) is 0.711. The van der Waals surface area contributed by atoms with E-state index in [2.05, 4.69) is 72.7 Å². The maximum absolute atomic E-state index is 6.29. The maximum Gasteiger partial charge on any atom is 0.121 e. The Bertz CT molecular complexity index is 882. The van der Waals surface area contributed by atoms with E-state index >= 15 is 0 Å². The largest absolute Gasteiger partial charge is 0.371 e. The van der Waals surface area contributed by atoms with Gasteiger partial charge in [0.05, 0.1) is 17.9 Å². The molecule has 2 aromatic carbocycles. The van der Waals surface area contributed by atoms with E-state index in [9.17, 15) is 0 Å². The summed E-state index contributed by atoms with van der Waals surface area (Å²) in [6.45, 7) is 4.18. The van der Waals surface area contributed by atoms with Crippen LogP contribution in [0.15, 0.2) is 48.5 Å². The van der Waals surface area contributed by atoms with Crippen LogP contribution in [-0.2, 0) is 18.2 Å². The average molecular weight is 319 g/mol. The molecule has 0 amide bonds. The lowest BCUT2D eigenvalue weighted by atomic mass is 9.87. The van der Waals surface area contributed by atoms with E-state index in [1.165, 1.54) is 11.1 Å². The van der Waals surface area contributed by atoms with Crippen LogP contribution in [0, 0.1) is 0 Å². The first-order chi connectivity index (χ1) is 11.6. The van der Waals surface area contributed by atoms with Gasteiger partial charge in [0, 0.05) is 24.6 Å². The number of ether oxygens (including phenoxy) is 1. The molecular weight excluding hydrogens is 298 g/mol. The lowest BCUT2D eigenvalue weighted by molar-refractivity contribution is 0.00716. The highest BCUT2D eigenvalue weighted by atomic mass is 16.5. The van der Waals surface area contributed by atoms with Gasteiger partial charge < -0.3 is 4.74 Å². The van der Waals surface area contributed by atoms with Crippen molar-refractivity contribution in [2.45, 2.75) is 32.5 Å². The van der Waals surface area contributed by atoms with E-state index in [-0.39, 0.29) is 12.2 Å². The molecule has 4 nitrogen and oxygen atoms in total. The molecule has 24 heavy (non-hydrogen) atoms. The fraction of sp³-hybridized carbons (Fsp3) is 0.300.